The van der Waals surface area contributed by atoms with Crippen molar-refractivity contribution in [1.29, 1.82) is 0 Å². The summed E-state index contributed by atoms with van der Waals surface area (Å²) >= 11 is 9.86. The fourth-order valence-electron chi connectivity index (χ4n) is 3.75. The van der Waals surface area contributed by atoms with Crippen molar-refractivity contribution in [3.63, 3.8) is 0 Å². The van der Waals surface area contributed by atoms with Crippen LogP contribution in [0.5, 0.6) is 0 Å². The summed E-state index contributed by atoms with van der Waals surface area (Å²) in [6.45, 7) is 1.58. The molecule has 2 rings (SSSR count). The normalized spacial score (nSPS) is 12.7. The van der Waals surface area contributed by atoms with Gasteiger partial charge >= 0.3 is 0 Å². The molecule has 1 nitrogen and oxygen atoms in total. The van der Waals surface area contributed by atoms with Crippen LogP contribution >= 0.6 is 27.5 Å². The molecule has 0 heterocycles. The molecule has 3 heteroatoms. The largest absolute Gasteiger partial charge is 0.377 e. The minimum Gasteiger partial charge on any atom is -0.377 e. The highest BCUT2D eigenvalue weighted by Gasteiger charge is 2.04. The van der Waals surface area contributed by atoms with Gasteiger partial charge in [-0.1, -0.05) is 103 Å². The molecular weight excluding hydrogens is 456 g/mol. The average molecular weight is 494 g/mol. The monoisotopic (exact) mass is 492 g/mol. The van der Waals surface area contributed by atoms with Gasteiger partial charge in [0.1, 0.15) is 0 Å². The van der Waals surface area contributed by atoms with E-state index in [4.69, 9.17) is 16.3 Å². The molecule has 0 unspecified atom stereocenters. The summed E-state index contributed by atoms with van der Waals surface area (Å²) in [5, 5.41) is 3.91. The molecular formula is C27H38BrClO. The highest BCUT2D eigenvalue weighted by atomic mass is 79.9. The number of rotatable bonds is 17. The van der Waals surface area contributed by atoms with Crippen molar-refractivity contribution in [1.82, 2.24) is 0 Å². The van der Waals surface area contributed by atoms with E-state index in [2.05, 4.69) is 70.5 Å². The highest BCUT2D eigenvalue weighted by molar-refractivity contribution is 9.09. The van der Waals surface area contributed by atoms with E-state index in [0.717, 1.165) is 31.4 Å². The van der Waals surface area contributed by atoms with E-state index < -0.39 is 0 Å². The summed E-state index contributed by atoms with van der Waals surface area (Å²) in [6, 6.07) is 15.1. The predicted molar refractivity (Wildman–Crippen MR) is 137 cm³/mol. The van der Waals surface area contributed by atoms with Crippen molar-refractivity contribution < 1.29 is 4.74 Å². The SMILES string of the molecule is Cl[C@H](CCCC/C=C/CBr)CCCCCCCCOCc1ccc2ccccc2c1. The van der Waals surface area contributed by atoms with Gasteiger partial charge in [-0.3, -0.25) is 0 Å². The average Bonchev–Trinajstić information content (AvgIpc) is 2.77. The number of benzene rings is 2. The Bertz CT molecular complexity index is 715. The number of hydrogen-bond acceptors (Lipinski definition) is 1. The fourth-order valence-corrected chi connectivity index (χ4v) is 4.32. The first-order chi connectivity index (χ1) is 14.8. The van der Waals surface area contributed by atoms with Gasteiger partial charge in [0.05, 0.1) is 6.61 Å². The second-order valence-electron chi connectivity index (χ2n) is 8.15. The molecule has 0 saturated heterocycles. The van der Waals surface area contributed by atoms with E-state index in [1.165, 1.54) is 74.1 Å². The minimum atomic E-state index is 0.369. The van der Waals surface area contributed by atoms with E-state index in [1.807, 2.05) is 0 Å². The molecule has 2 aromatic rings. The molecule has 0 fully saturated rings. The summed E-state index contributed by atoms with van der Waals surface area (Å²) in [5.41, 5.74) is 1.26. The van der Waals surface area contributed by atoms with Gasteiger partial charge in [-0.25, -0.2) is 0 Å². The van der Waals surface area contributed by atoms with Crippen molar-refractivity contribution in [3.05, 3.63) is 60.2 Å². The maximum atomic E-state index is 6.46. The molecule has 0 amide bonds. The standard InChI is InChI=1S/C27H38BrClO/c28-20-12-6-3-5-9-17-27(29)16-8-4-1-2-7-13-21-30-23-24-18-19-25-14-10-11-15-26(25)22-24/h6,10-12,14-15,18-19,22,27H,1-5,7-9,13,16-17,20-21,23H2/b12-6+/t27-/m0/s1. The summed E-state index contributed by atoms with van der Waals surface area (Å²) in [6.07, 6.45) is 18.1. The molecule has 0 aliphatic carbocycles. The van der Waals surface area contributed by atoms with Crippen LogP contribution in [0.2, 0.25) is 0 Å². The van der Waals surface area contributed by atoms with Crippen LogP contribution in [0.15, 0.2) is 54.6 Å². The number of unbranched alkanes of at least 4 members (excludes halogenated alkanes) is 7. The lowest BCUT2D eigenvalue weighted by atomic mass is 10.0. The molecule has 0 radical (unpaired) electrons. The second kappa shape index (κ2) is 16.8. The van der Waals surface area contributed by atoms with Crippen LogP contribution in [0.4, 0.5) is 0 Å². The van der Waals surface area contributed by atoms with Crippen LogP contribution in [0.1, 0.15) is 76.2 Å². The van der Waals surface area contributed by atoms with Crippen LogP contribution in [0.3, 0.4) is 0 Å². The third-order valence-electron chi connectivity index (χ3n) is 5.53. The Labute approximate surface area is 197 Å². The summed E-state index contributed by atoms with van der Waals surface area (Å²) < 4.78 is 5.87. The Morgan fingerprint density at radius 3 is 2.30 bits per heavy atom. The van der Waals surface area contributed by atoms with Gasteiger partial charge in [0.25, 0.3) is 0 Å². The number of allylic oxidation sites excluding steroid dienone is 2. The fraction of sp³-hybridized carbons (Fsp3) is 0.556. The van der Waals surface area contributed by atoms with Gasteiger partial charge in [-0.15, -0.1) is 11.6 Å². The zero-order valence-electron chi connectivity index (χ0n) is 18.3. The lowest BCUT2D eigenvalue weighted by molar-refractivity contribution is 0.117. The van der Waals surface area contributed by atoms with Crippen LogP contribution in [0.25, 0.3) is 10.8 Å². The Hall–Kier alpha value is -0.830. The predicted octanol–water partition coefficient (Wildman–Crippen LogP) is 9.21. The van der Waals surface area contributed by atoms with Crippen molar-refractivity contribution in [2.45, 2.75) is 82.6 Å². The smallest absolute Gasteiger partial charge is 0.0717 e. The molecule has 30 heavy (non-hydrogen) atoms. The zero-order chi connectivity index (χ0) is 21.3. The molecule has 1 atom stereocenters. The number of alkyl halides is 2. The topological polar surface area (TPSA) is 9.23 Å². The summed E-state index contributed by atoms with van der Waals surface area (Å²) in [5.74, 6) is 0. The molecule has 166 valence electrons. The Morgan fingerprint density at radius 2 is 1.50 bits per heavy atom. The maximum Gasteiger partial charge on any atom is 0.0717 e. The number of halogens is 2. The first kappa shape index (κ1) is 25.4. The maximum absolute atomic E-state index is 6.46. The Kier molecular flexibility index (Phi) is 14.3. The van der Waals surface area contributed by atoms with Gasteiger partial charge < -0.3 is 4.74 Å². The first-order valence-electron chi connectivity index (χ1n) is 11.7. The molecule has 2 aromatic carbocycles. The Balaban J connectivity index is 1.38. The molecule has 0 saturated carbocycles. The molecule has 0 aliphatic heterocycles. The summed E-state index contributed by atoms with van der Waals surface area (Å²) in [7, 11) is 0. The third-order valence-corrected chi connectivity index (χ3v) is 6.34. The quantitative estimate of drug-likeness (QED) is 0.121. The van der Waals surface area contributed by atoms with Crippen LogP contribution < -0.4 is 0 Å². The second-order valence-corrected chi connectivity index (χ2v) is 9.42. The van der Waals surface area contributed by atoms with Crippen LogP contribution in [-0.2, 0) is 11.3 Å². The van der Waals surface area contributed by atoms with E-state index in [9.17, 15) is 0 Å². The van der Waals surface area contributed by atoms with E-state index in [-0.39, 0.29) is 0 Å². The van der Waals surface area contributed by atoms with Crippen molar-refractivity contribution in [2.24, 2.45) is 0 Å². The lowest BCUT2D eigenvalue weighted by Crippen LogP contribution is -1.98. The van der Waals surface area contributed by atoms with Crippen LogP contribution in [-0.4, -0.2) is 17.3 Å². The lowest BCUT2D eigenvalue weighted by Gasteiger charge is -2.09. The molecule has 0 bridgehead atoms. The highest BCUT2D eigenvalue weighted by Crippen LogP contribution is 2.18. The first-order valence-corrected chi connectivity index (χ1v) is 13.3. The van der Waals surface area contributed by atoms with Crippen molar-refractivity contribution >= 4 is 38.3 Å². The van der Waals surface area contributed by atoms with Crippen LogP contribution in [0, 0.1) is 0 Å². The minimum absolute atomic E-state index is 0.369. The van der Waals surface area contributed by atoms with Gasteiger partial charge in [0.15, 0.2) is 0 Å². The van der Waals surface area contributed by atoms with Crippen molar-refractivity contribution in [3.8, 4) is 0 Å². The number of hydrogen-bond donors (Lipinski definition) is 0. The molecule has 0 aromatic heterocycles. The number of ether oxygens (including phenoxy) is 1. The van der Waals surface area contributed by atoms with E-state index in [1.54, 1.807) is 0 Å². The third kappa shape index (κ3) is 11.5. The van der Waals surface area contributed by atoms with Gasteiger partial charge in [0, 0.05) is 17.3 Å². The van der Waals surface area contributed by atoms with E-state index in [0.29, 0.717) is 5.38 Å². The van der Waals surface area contributed by atoms with E-state index >= 15 is 0 Å². The molecule has 0 aliphatic rings. The zero-order valence-corrected chi connectivity index (χ0v) is 20.7. The van der Waals surface area contributed by atoms with Gasteiger partial charge in [-0.2, -0.15) is 0 Å². The van der Waals surface area contributed by atoms with Gasteiger partial charge in [-0.05, 0) is 54.5 Å². The van der Waals surface area contributed by atoms with Crippen molar-refractivity contribution in [2.75, 3.05) is 11.9 Å². The summed E-state index contributed by atoms with van der Waals surface area (Å²) in [4.78, 5) is 0. The van der Waals surface area contributed by atoms with Gasteiger partial charge in [0.2, 0.25) is 0 Å². The molecule has 0 N–H and O–H groups in total. The number of fused-ring (bicyclic) bond motifs is 1. The molecule has 0 spiro atoms. The Morgan fingerprint density at radius 1 is 0.800 bits per heavy atom.